The molecule has 0 amide bonds. The maximum atomic E-state index is 13.0. The summed E-state index contributed by atoms with van der Waals surface area (Å²) in [7, 11) is 6.00. The van der Waals surface area contributed by atoms with Crippen LogP contribution < -0.4 is 0 Å². The highest BCUT2D eigenvalue weighted by Gasteiger charge is 2.25. The lowest BCUT2D eigenvalue weighted by molar-refractivity contribution is -0.870. The van der Waals surface area contributed by atoms with E-state index in [0.29, 0.717) is 17.4 Å². The summed E-state index contributed by atoms with van der Waals surface area (Å²) in [6.07, 6.45) is 116. The molecule has 0 bridgehead atoms. The molecule has 0 aliphatic rings. The van der Waals surface area contributed by atoms with Gasteiger partial charge in [0.2, 0.25) is 0 Å². The second-order valence-electron chi connectivity index (χ2n) is 30.8. The van der Waals surface area contributed by atoms with Crippen LogP contribution in [0.5, 0.6) is 0 Å². The van der Waals surface area contributed by atoms with E-state index in [9.17, 15) is 19.5 Å². The lowest BCUT2D eigenvalue weighted by Gasteiger charge is -2.25. The Morgan fingerprint density at radius 1 is 0.301 bits per heavy atom. The Hall–Kier alpha value is -4.05. The van der Waals surface area contributed by atoms with Crippen molar-refractivity contribution in [2.45, 2.75) is 424 Å². The van der Waals surface area contributed by atoms with Gasteiger partial charge in [-0.2, -0.15) is 0 Å². The molecule has 0 rings (SSSR count). The number of carbonyl (C=O) groups is 3. The summed E-state index contributed by atoms with van der Waals surface area (Å²) in [5.41, 5.74) is 0. The predicted molar refractivity (Wildman–Crippen MR) is 447 cm³/mol. The van der Waals surface area contributed by atoms with Gasteiger partial charge >= 0.3 is 17.9 Å². The summed E-state index contributed by atoms with van der Waals surface area (Å²) >= 11 is 0. The van der Waals surface area contributed by atoms with Crippen LogP contribution in [0.4, 0.5) is 0 Å². The Bertz CT molecular complexity index is 2070. The number of carbonyl (C=O) groups excluding carboxylic acids is 2. The number of carboxylic acids is 1. The zero-order valence-electron chi connectivity index (χ0n) is 68.5. The Labute approximate surface area is 638 Å². The fraction of sp³-hybridized carbons (Fsp3) is 0.777. The van der Waals surface area contributed by atoms with E-state index in [2.05, 4.69) is 123 Å². The highest BCUT2D eigenvalue weighted by Crippen LogP contribution is 2.20. The quantitative estimate of drug-likeness (QED) is 0.0211. The topological polar surface area (TPSA) is 108 Å². The molecule has 2 unspecified atom stereocenters. The summed E-state index contributed by atoms with van der Waals surface area (Å²) in [6.45, 7) is 4.81. The molecule has 0 radical (unpaired) electrons. The number of hydrogen-bond acceptors (Lipinski definition) is 7. The van der Waals surface area contributed by atoms with Gasteiger partial charge in [-0.1, -0.05) is 406 Å². The molecule has 103 heavy (non-hydrogen) atoms. The minimum absolute atomic E-state index is 0.179. The third-order valence-electron chi connectivity index (χ3n) is 19.5. The van der Waals surface area contributed by atoms with Crippen LogP contribution in [0.1, 0.15) is 412 Å². The van der Waals surface area contributed by atoms with Crippen molar-refractivity contribution < 1.29 is 42.9 Å². The molecule has 0 aromatic rings. The van der Waals surface area contributed by atoms with Crippen molar-refractivity contribution in [1.82, 2.24) is 0 Å². The Kier molecular flexibility index (Phi) is 80.3. The average Bonchev–Trinajstić information content (AvgIpc) is 1.01. The molecule has 0 heterocycles. The highest BCUT2D eigenvalue weighted by molar-refractivity contribution is 5.71. The van der Waals surface area contributed by atoms with Crippen molar-refractivity contribution in [3.8, 4) is 0 Å². The van der Waals surface area contributed by atoms with Crippen LogP contribution in [-0.4, -0.2) is 87.4 Å². The number of carboxylic acid groups (broad SMARTS) is 1. The molecule has 0 aromatic heterocycles. The first kappa shape index (κ1) is 98.9. The lowest BCUT2D eigenvalue weighted by Crippen LogP contribution is -2.40. The predicted octanol–water partition coefficient (Wildman–Crippen LogP) is 28.8. The maximum absolute atomic E-state index is 13.0. The summed E-state index contributed by atoms with van der Waals surface area (Å²) in [5.74, 6) is -1.98. The summed E-state index contributed by atoms with van der Waals surface area (Å²) in [6, 6.07) is 0. The molecule has 0 aliphatic heterocycles. The standard InChI is InChI=1S/C94H167NO8/c1-6-8-10-12-14-16-18-20-22-24-26-28-30-32-34-36-38-40-42-44-45-46-47-49-51-53-55-57-59-61-63-65-67-69-71-73-75-77-79-81-83-85-92(97)103-90(89-102-94(93(98)99)100-87-86-95(3,4)5)88-101-91(96)84-82-80-78-76-74-72-70-68-66-64-62-60-58-56-54-52-50-48-43-41-39-37-35-33-31-29-27-25-23-21-19-17-15-13-11-9-7-2/h8,10,14,16,19-22,25-28,31-34,38,40,90,94H,6-7,9,11-13,15,17-18,23-24,29-30,35-37,39,41-89H2,1-5H3/p+1/b10-8-,16-14-,21-19-,22-20-,27-25-,28-26-,33-31-,34-32-,40-38-. The smallest absolute Gasteiger partial charge is 0.361 e. The lowest BCUT2D eigenvalue weighted by atomic mass is 10.0. The normalized spacial score (nSPS) is 13.1. The van der Waals surface area contributed by atoms with Crippen molar-refractivity contribution in [2.24, 2.45) is 0 Å². The van der Waals surface area contributed by atoms with Crippen LogP contribution >= 0.6 is 0 Å². The maximum Gasteiger partial charge on any atom is 0.361 e. The van der Waals surface area contributed by atoms with Crippen LogP contribution in [0.3, 0.4) is 0 Å². The van der Waals surface area contributed by atoms with Gasteiger partial charge in [-0.25, -0.2) is 4.79 Å². The Balaban J connectivity index is 3.94. The number of quaternary nitrogens is 1. The van der Waals surface area contributed by atoms with Crippen LogP contribution in [0.15, 0.2) is 109 Å². The van der Waals surface area contributed by atoms with E-state index >= 15 is 0 Å². The summed E-state index contributed by atoms with van der Waals surface area (Å²) in [4.78, 5) is 37.8. The zero-order chi connectivity index (χ0) is 74.6. The molecule has 2 atom stereocenters. The van der Waals surface area contributed by atoms with Crippen LogP contribution in [0.2, 0.25) is 0 Å². The molecular formula is C94H168NO8+. The van der Waals surface area contributed by atoms with Crippen LogP contribution in [0, 0.1) is 0 Å². The first-order valence-electron chi connectivity index (χ1n) is 44.1. The van der Waals surface area contributed by atoms with Crippen molar-refractivity contribution in [3.05, 3.63) is 109 Å². The van der Waals surface area contributed by atoms with Crippen molar-refractivity contribution in [3.63, 3.8) is 0 Å². The van der Waals surface area contributed by atoms with E-state index in [-0.39, 0.29) is 38.2 Å². The first-order chi connectivity index (χ1) is 50.6. The molecule has 9 nitrogen and oxygen atoms in total. The zero-order valence-corrected chi connectivity index (χ0v) is 68.5. The molecule has 9 heteroatoms. The van der Waals surface area contributed by atoms with Gasteiger partial charge < -0.3 is 28.5 Å². The molecular weight excluding hydrogens is 1270 g/mol. The van der Waals surface area contributed by atoms with E-state index in [1.807, 2.05) is 21.1 Å². The molecule has 0 aliphatic carbocycles. The minimum atomic E-state index is -1.51. The number of rotatable bonds is 82. The van der Waals surface area contributed by atoms with Crippen molar-refractivity contribution in [2.75, 3.05) is 47.5 Å². The van der Waals surface area contributed by atoms with Gasteiger partial charge in [0.25, 0.3) is 6.29 Å². The van der Waals surface area contributed by atoms with E-state index in [1.54, 1.807) is 0 Å². The van der Waals surface area contributed by atoms with Gasteiger partial charge in [-0.15, -0.1) is 0 Å². The second-order valence-corrected chi connectivity index (χ2v) is 30.8. The third-order valence-corrected chi connectivity index (χ3v) is 19.5. The van der Waals surface area contributed by atoms with Gasteiger partial charge in [0.15, 0.2) is 6.10 Å². The van der Waals surface area contributed by atoms with E-state index in [1.165, 1.54) is 295 Å². The second kappa shape index (κ2) is 83.6. The molecule has 0 saturated heterocycles. The average molecular weight is 1440 g/mol. The van der Waals surface area contributed by atoms with Crippen LogP contribution in [0.25, 0.3) is 0 Å². The molecule has 0 fully saturated rings. The number of esters is 2. The summed E-state index contributed by atoms with van der Waals surface area (Å²) < 4.78 is 23.1. The number of ether oxygens (including phenoxy) is 4. The number of likely N-dealkylation sites (N-methyl/N-ethyl adjacent to an activating group) is 1. The number of unbranched alkanes of at least 4 members (excludes halogenated alkanes) is 49. The number of hydrogen-bond donors (Lipinski definition) is 1. The van der Waals surface area contributed by atoms with Crippen LogP contribution in [-0.2, 0) is 33.3 Å². The highest BCUT2D eigenvalue weighted by atomic mass is 16.7. The van der Waals surface area contributed by atoms with Gasteiger partial charge in [0.1, 0.15) is 13.2 Å². The monoisotopic (exact) mass is 1440 g/mol. The third kappa shape index (κ3) is 85.1. The molecule has 596 valence electrons. The molecule has 0 saturated carbocycles. The van der Waals surface area contributed by atoms with Gasteiger partial charge in [-0.05, 0) is 103 Å². The van der Waals surface area contributed by atoms with Crippen molar-refractivity contribution in [1.29, 1.82) is 0 Å². The first-order valence-corrected chi connectivity index (χ1v) is 44.1. The van der Waals surface area contributed by atoms with Gasteiger partial charge in [0.05, 0.1) is 34.4 Å². The Morgan fingerprint density at radius 2 is 0.553 bits per heavy atom. The SMILES string of the molecule is CC/C=C\C/C=C\C/C=C\C/C=C\C/C=C\C/C=C\CCCCCCCCCCCCCCCCCCCCCCCCC(=O)OC(COC(=O)CCCCCCCCCCCCCCCCCCCCCCCC/C=C\C/C=C\C/C=C\CCCCCCC)COC(OCC[N+](C)(C)C)C(=O)O. The van der Waals surface area contributed by atoms with Gasteiger partial charge in [0, 0.05) is 12.8 Å². The molecule has 1 N–H and O–H groups in total. The fourth-order valence-electron chi connectivity index (χ4n) is 12.9. The minimum Gasteiger partial charge on any atom is -0.477 e. The van der Waals surface area contributed by atoms with Crippen molar-refractivity contribution >= 4 is 17.9 Å². The number of aliphatic carboxylic acids is 1. The number of allylic oxidation sites excluding steroid dienone is 18. The summed E-state index contributed by atoms with van der Waals surface area (Å²) in [5, 5.41) is 9.79. The van der Waals surface area contributed by atoms with E-state index in [0.717, 1.165) is 89.9 Å². The van der Waals surface area contributed by atoms with E-state index in [4.69, 9.17) is 18.9 Å². The molecule has 0 spiro atoms. The number of nitrogens with zero attached hydrogens (tertiary/aromatic N) is 1. The van der Waals surface area contributed by atoms with E-state index < -0.39 is 18.4 Å². The molecule has 0 aromatic carbocycles. The van der Waals surface area contributed by atoms with Gasteiger partial charge in [-0.3, -0.25) is 9.59 Å². The fourth-order valence-corrected chi connectivity index (χ4v) is 12.9. The largest absolute Gasteiger partial charge is 0.477 e. The Morgan fingerprint density at radius 3 is 0.825 bits per heavy atom.